The summed E-state index contributed by atoms with van der Waals surface area (Å²) in [5, 5.41) is 0. The van der Waals surface area contributed by atoms with Crippen LogP contribution in [0, 0.1) is 0 Å². The molecule has 0 unspecified atom stereocenters. The molecule has 0 aromatic heterocycles. The lowest BCUT2D eigenvalue weighted by molar-refractivity contribution is 0.335. The van der Waals surface area contributed by atoms with Crippen LogP contribution in [0.1, 0.15) is 54.0 Å². The molecule has 4 heteroatoms. The fourth-order valence-corrected chi connectivity index (χ4v) is 3.24. The molecule has 2 heterocycles. The van der Waals surface area contributed by atoms with Crippen LogP contribution in [0.2, 0.25) is 0 Å². The van der Waals surface area contributed by atoms with E-state index < -0.39 is 0 Å². The summed E-state index contributed by atoms with van der Waals surface area (Å²) in [6.45, 7) is 17.6. The summed E-state index contributed by atoms with van der Waals surface area (Å²) in [6, 6.07) is 8.04. The van der Waals surface area contributed by atoms with E-state index in [9.17, 15) is 0 Å². The number of benzene rings is 1. The minimum Gasteiger partial charge on any atom is -0.356 e. The molecule has 0 N–H and O–H groups in total. The molecule has 3 rings (SSSR count). The molecule has 4 nitrogen and oxygen atoms in total. The molecule has 0 saturated carbocycles. The van der Waals surface area contributed by atoms with Crippen LogP contribution in [-0.2, 0) is 5.41 Å². The van der Waals surface area contributed by atoms with E-state index in [1.807, 2.05) is 0 Å². The van der Waals surface area contributed by atoms with Crippen molar-refractivity contribution < 1.29 is 0 Å². The Kier molecular flexibility index (Phi) is 4.96. The molecule has 0 radical (unpaired) electrons. The Balaban J connectivity index is 1.91. The molecule has 2 aliphatic heterocycles. The van der Waals surface area contributed by atoms with Crippen LogP contribution in [0.15, 0.2) is 43.0 Å². The lowest BCUT2D eigenvalue weighted by atomic mass is 9.86. The zero-order valence-electron chi connectivity index (χ0n) is 17.4. The van der Waals surface area contributed by atoms with Crippen molar-refractivity contribution in [2.24, 2.45) is 0 Å². The largest absolute Gasteiger partial charge is 0.356 e. The normalized spacial score (nSPS) is 17.6. The topological polar surface area (TPSA) is 13.0 Å². The SMILES string of the molecule is CC(C)N1C=CN(c2cc(N3C=CN(C(C)C)C3)cc(C(C)(C)C)c2)C1. The molecule has 0 amide bonds. The molecule has 0 aliphatic carbocycles. The number of rotatable bonds is 4. The third-order valence-electron chi connectivity index (χ3n) is 5.27. The quantitative estimate of drug-likeness (QED) is 0.762. The highest BCUT2D eigenvalue weighted by Gasteiger charge is 2.23. The predicted molar refractivity (Wildman–Crippen MR) is 112 cm³/mol. The Bertz CT molecular complexity index is 646. The monoisotopic (exact) mass is 354 g/mol. The van der Waals surface area contributed by atoms with Gasteiger partial charge in [0.2, 0.25) is 0 Å². The fourth-order valence-electron chi connectivity index (χ4n) is 3.24. The van der Waals surface area contributed by atoms with Gasteiger partial charge in [0.25, 0.3) is 0 Å². The van der Waals surface area contributed by atoms with Crippen LogP contribution in [0.5, 0.6) is 0 Å². The minimum atomic E-state index is 0.118. The van der Waals surface area contributed by atoms with Crippen molar-refractivity contribution in [2.75, 3.05) is 23.1 Å². The fraction of sp³-hybridized carbons (Fsp3) is 0.545. The highest BCUT2D eigenvalue weighted by Crippen LogP contribution is 2.34. The van der Waals surface area contributed by atoms with E-state index in [4.69, 9.17) is 0 Å². The first-order valence-electron chi connectivity index (χ1n) is 9.72. The van der Waals surface area contributed by atoms with E-state index >= 15 is 0 Å². The van der Waals surface area contributed by atoms with Crippen LogP contribution in [0.3, 0.4) is 0 Å². The highest BCUT2D eigenvalue weighted by molar-refractivity contribution is 5.65. The summed E-state index contributed by atoms with van der Waals surface area (Å²) in [4.78, 5) is 9.41. The minimum absolute atomic E-state index is 0.118. The van der Waals surface area contributed by atoms with Gasteiger partial charge in [-0.1, -0.05) is 20.8 Å². The van der Waals surface area contributed by atoms with Crippen molar-refractivity contribution in [3.05, 3.63) is 48.6 Å². The average molecular weight is 355 g/mol. The maximum Gasteiger partial charge on any atom is 0.0944 e. The van der Waals surface area contributed by atoms with Gasteiger partial charge < -0.3 is 19.6 Å². The van der Waals surface area contributed by atoms with Gasteiger partial charge in [0.15, 0.2) is 0 Å². The molecule has 26 heavy (non-hydrogen) atoms. The summed E-state index contributed by atoms with van der Waals surface area (Å²) in [7, 11) is 0. The van der Waals surface area contributed by atoms with Gasteiger partial charge in [0, 0.05) is 48.3 Å². The van der Waals surface area contributed by atoms with E-state index in [0.717, 1.165) is 13.3 Å². The van der Waals surface area contributed by atoms with Gasteiger partial charge in [-0.15, -0.1) is 0 Å². The van der Waals surface area contributed by atoms with Crippen LogP contribution in [-0.4, -0.2) is 35.2 Å². The molecule has 0 spiro atoms. The van der Waals surface area contributed by atoms with Gasteiger partial charge in [-0.25, -0.2) is 0 Å². The van der Waals surface area contributed by atoms with Crippen molar-refractivity contribution in [1.82, 2.24) is 9.80 Å². The first-order chi connectivity index (χ1) is 12.1. The second-order valence-corrected chi connectivity index (χ2v) is 9.02. The molecular formula is C22H34N4. The number of hydrogen-bond donors (Lipinski definition) is 0. The Morgan fingerprint density at radius 1 is 0.692 bits per heavy atom. The van der Waals surface area contributed by atoms with Crippen LogP contribution in [0.4, 0.5) is 11.4 Å². The summed E-state index contributed by atoms with van der Waals surface area (Å²) in [5.74, 6) is 0. The first kappa shape index (κ1) is 18.7. The van der Waals surface area contributed by atoms with Gasteiger partial charge in [-0.3, -0.25) is 0 Å². The molecule has 0 saturated heterocycles. The second-order valence-electron chi connectivity index (χ2n) is 9.02. The van der Waals surface area contributed by atoms with E-state index in [0.29, 0.717) is 12.1 Å². The van der Waals surface area contributed by atoms with E-state index in [-0.39, 0.29) is 5.41 Å². The molecule has 1 aromatic carbocycles. The number of nitrogens with zero attached hydrogens (tertiary/aromatic N) is 4. The average Bonchev–Trinajstić information content (AvgIpc) is 3.23. The standard InChI is InChI=1S/C22H34N4/c1-17(2)23-8-10-25(15-23)20-12-19(22(5,6)7)13-21(14-20)26-11-9-24(16-26)18(3)4/h8-14,17-18H,15-16H2,1-7H3. The molecule has 0 bridgehead atoms. The van der Waals surface area contributed by atoms with Gasteiger partial charge in [0.1, 0.15) is 0 Å². The van der Waals surface area contributed by atoms with E-state index in [2.05, 4.69) is 111 Å². The van der Waals surface area contributed by atoms with Crippen LogP contribution >= 0.6 is 0 Å². The van der Waals surface area contributed by atoms with E-state index in [1.165, 1.54) is 16.9 Å². The smallest absolute Gasteiger partial charge is 0.0944 e. The Labute approximate surface area is 159 Å². The molecule has 0 atom stereocenters. The third-order valence-corrected chi connectivity index (χ3v) is 5.27. The zero-order chi connectivity index (χ0) is 19.1. The summed E-state index contributed by atoms with van der Waals surface area (Å²) >= 11 is 0. The van der Waals surface area contributed by atoms with E-state index in [1.54, 1.807) is 0 Å². The van der Waals surface area contributed by atoms with Crippen molar-refractivity contribution >= 4 is 11.4 Å². The summed E-state index contributed by atoms with van der Waals surface area (Å²) in [5.41, 5.74) is 4.02. The lowest BCUT2D eigenvalue weighted by Gasteiger charge is -2.29. The predicted octanol–water partition coefficient (Wildman–Crippen LogP) is 4.90. The highest BCUT2D eigenvalue weighted by atomic mass is 15.4. The molecule has 142 valence electrons. The molecular weight excluding hydrogens is 320 g/mol. The Hall–Kier alpha value is -2.10. The Morgan fingerprint density at radius 2 is 1.12 bits per heavy atom. The van der Waals surface area contributed by atoms with Crippen molar-refractivity contribution in [3.8, 4) is 0 Å². The van der Waals surface area contributed by atoms with Gasteiger partial charge >= 0.3 is 0 Å². The number of hydrogen-bond acceptors (Lipinski definition) is 4. The number of anilines is 2. The lowest BCUT2D eigenvalue weighted by Crippen LogP contribution is -2.31. The van der Waals surface area contributed by atoms with Crippen molar-refractivity contribution in [2.45, 2.75) is 66.0 Å². The first-order valence-corrected chi connectivity index (χ1v) is 9.72. The summed E-state index contributed by atoms with van der Waals surface area (Å²) in [6.07, 6.45) is 8.80. The summed E-state index contributed by atoms with van der Waals surface area (Å²) < 4.78 is 0. The maximum absolute atomic E-state index is 2.36. The third kappa shape index (κ3) is 3.84. The van der Waals surface area contributed by atoms with Crippen molar-refractivity contribution in [1.29, 1.82) is 0 Å². The molecule has 1 aromatic rings. The zero-order valence-corrected chi connectivity index (χ0v) is 17.4. The van der Waals surface area contributed by atoms with Gasteiger partial charge in [-0.2, -0.15) is 0 Å². The van der Waals surface area contributed by atoms with Crippen molar-refractivity contribution in [3.63, 3.8) is 0 Å². The molecule has 0 fully saturated rings. The Morgan fingerprint density at radius 3 is 1.42 bits per heavy atom. The van der Waals surface area contributed by atoms with Gasteiger partial charge in [-0.05, 0) is 56.9 Å². The molecule has 2 aliphatic rings. The van der Waals surface area contributed by atoms with Crippen LogP contribution in [0.25, 0.3) is 0 Å². The maximum atomic E-state index is 2.36. The second kappa shape index (κ2) is 6.90. The van der Waals surface area contributed by atoms with Crippen LogP contribution < -0.4 is 9.80 Å². The van der Waals surface area contributed by atoms with Gasteiger partial charge in [0.05, 0.1) is 13.3 Å².